The molecule has 0 aromatic heterocycles. The maximum absolute atomic E-state index is 3.86. The molecule has 4 unspecified atom stereocenters. The summed E-state index contributed by atoms with van der Waals surface area (Å²) in [5, 5.41) is 3.86. The third-order valence-corrected chi connectivity index (χ3v) is 4.88. The Labute approximate surface area is 95.0 Å². The first-order chi connectivity index (χ1) is 7.16. The first-order valence-corrected chi connectivity index (χ1v) is 6.93. The van der Waals surface area contributed by atoms with Crippen molar-refractivity contribution in [1.29, 1.82) is 0 Å². The number of nitrogens with one attached hydrogen (secondary N) is 1. The van der Waals surface area contributed by atoms with Gasteiger partial charge in [-0.1, -0.05) is 33.1 Å². The minimum absolute atomic E-state index is 0.744. The van der Waals surface area contributed by atoms with Gasteiger partial charge >= 0.3 is 0 Å². The van der Waals surface area contributed by atoms with Crippen molar-refractivity contribution >= 4 is 0 Å². The summed E-state index contributed by atoms with van der Waals surface area (Å²) in [5.74, 6) is 2.86. The van der Waals surface area contributed by atoms with Crippen LogP contribution in [0.2, 0.25) is 0 Å². The lowest BCUT2D eigenvalue weighted by molar-refractivity contribution is 0.246. The summed E-state index contributed by atoms with van der Waals surface area (Å²) in [6.07, 6.45) is 8.70. The molecule has 2 aliphatic rings. The predicted molar refractivity (Wildman–Crippen MR) is 65.9 cm³/mol. The van der Waals surface area contributed by atoms with E-state index >= 15 is 0 Å². The minimum Gasteiger partial charge on any atom is -0.311 e. The fraction of sp³-hybridized carbons (Fsp3) is 1.00. The van der Waals surface area contributed by atoms with Gasteiger partial charge in [0.25, 0.3) is 0 Å². The van der Waals surface area contributed by atoms with E-state index in [4.69, 9.17) is 0 Å². The molecule has 15 heavy (non-hydrogen) atoms. The van der Waals surface area contributed by atoms with Gasteiger partial charge < -0.3 is 5.32 Å². The largest absolute Gasteiger partial charge is 0.311 e. The number of hydrogen-bond donors (Lipinski definition) is 1. The number of rotatable bonds is 4. The van der Waals surface area contributed by atoms with Crippen LogP contribution in [-0.4, -0.2) is 12.1 Å². The fourth-order valence-electron chi connectivity index (χ4n) is 3.26. The minimum atomic E-state index is 0.744. The van der Waals surface area contributed by atoms with Gasteiger partial charge in [-0.05, 0) is 43.9 Å². The summed E-state index contributed by atoms with van der Waals surface area (Å²) in [5.41, 5.74) is 0. The zero-order chi connectivity index (χ0) is 10.8. The molecule has 0 spiro atoms. The third kappa shape index (κ3) is 2.75. The van der Waals surface area contributed by atoms with Crippen LogP contribution in [0.4, 0.5) is 0 Å². The smallest absolute Gasteiger partial charge is 0.00978 e. The molecule has 2 aliphatic carbocycles. The van der Waals surface area contributed by atoms with E-state index < -0.39 is 0 Å². The van der Waals surface area contributed by atoms with Crippen LogP contribution in [0.3, 0.4) is 0 Å². The van der Waals surface area contributed by atoms with Crippen LogP contribution in [0.1, 0.15) is 59.3 Å². The van der Waals surface area contributed by atoms with Gasteiger partial charge in [-0.2, -0.15) is 0 Å². The van der Waals surface area contributed by atoms with Crippen molar-refractivity contribution in [3.63, 3.8) is 0 Å². The van der Waals surface area contributed by atoms with Crippen molar-refractivity contribution in [2.45, 2.75) is 71.4 Å². The standard InChI is InChI=1S/C14H27N/c1-10-7-8-14(12(10)3)15-11(2)9-13-5-4-6-13/h10-15H,4-9H2,1-3H3. The molecule has 1 nitrogen and oxygen atoms in total. The zero-order valence-electron chi connectivity index (χ0n) is 10.6. The van der Waals surface area contributed by atoms with E-state index in [9.17, 15) is 0 Å². The maximum Gasteiger partial charge on any atom is 0.00978 e. The lowest BCUT2D eigenvalue weighted by Crippen LogP contribution is -2.40. The molecule has 0 aliphatic heterocycles. The van der Waals surface area contributed by atoms with Gasteiger partial charge in [-0.25, -0.2) is 0 Å². The Bertz CT molecular complexity index is 198. The maximum atomic E-state index is 3.86. The Morgan fingerprint density at radius 1 is 1.13 bits per heavy atom. The Morgan fingerprint density at radius 3 is 2.33 bits per heavy atom. The van der Waals surface area contributed by atoms with E-state index in [2.05, 4.69) is 26.1 Å². The van der Waals surface area contributed by atoms with Crippen molar-refractivity contribution in [3.8, 4) is 0 Å². The van der Waals surface area contributed by atoms with Crippen molar-refractivity contribution in [2.75, 3.05) is 0 Å². The Morgan fingerprint density at radius 2 is 1.87 bits per heavy atom. The molecule has 1 heteroatoms. The molecule has 0 bridgehead atoms. The SMILES string of the molecule is CC(CC1CCC1)NC1CCC(C)C1C. The van der Waals surface area contributed by atoms with Gasteiger partial charge in [0.2, 0.25) is 0 Å². The Kier molecular flexibility index (Phi) is 3.71. The van der Waals surface area contributed by atoms with E-state index in [0.717, 1.165) is 29.8 Å². The molecular formula is C14H27N. The first kappa shape index (κ1) is 11.4. The van der Waals surface area contributed by atoms with Gasteiger partial charge in [0.15, 0.2) is 0 Å². The van der Waals surface area contributed by atoms with Crippen LogP contribution in [0.15, 0.2) is 0 Å². The molecule has 2 fully saturated rings. The summed E-state index contributed by atoms with van der Waals surface area (Å²) in [4.78, 5) is 0. The molecule has 2 rings (SSSR count). The average Bonchev–Trinajstić information content (AvgIpc) is 2.43. The molecule has 2 saturated carbocycles. The van der Waals surface area contributed by atoms with Gasteiger partial charge in [-0.15, -0.1) is 0 Å². The quantitative estimate of drug-likeness (QED) is 0.746. The molecule has 0 radical (unpaired) electrons. The van der Waals surface area contributed by atoms with E-state index in [-0.39, 0.29) is 0 Å². The summed E-state index contributed by atoms with van der Waals surface area (Å²) < 4.78 is 0. The zero-order valence-corrected chi connectivity index (χ0v) is 10.6. The van der Waals surface area contributed by atoms with E-state index in [1.807, 2.05) is 0 Å². The third-order valence-electron chi connectivity index (χ3n) is 4.88. The van der Waals surface area contributed by atoms with Crippen LogP contribution in [0, 0.1) is 17.8 Å². The van der Waals surface area contributed by atoms with Gasteiger partial charge in [0.05, 0.1) is 0 Å². The summed E-state index contributed by atoms with van der Waals surface area (Å²) in [6, 6.07) is 1.54. The molecule has 0 heterocycles. The van der Waals surface area contributed by atoms with Crippen molar-refractivity contribution < 1.29 is 0 Å². The predicted octanol–water partition coefficient (Wildman–Crippen LogP) is 3.59. The van der Waals surface area contributed by atoms with Gasteiger partial charge in [0.1, 0.15) is 0 Å². The van der Waals surface area contributed by atoms with Crippen molar-refractivity contribution in [2.24, 2.45) is 17.8 Å². The second kappa shape index (κ2) is 4.86. The van der Waals surface area contributed by atoms with E-state index in [1.165, 1.54) is 38.5 Å². The lowest BCUT2D eigenvalue weighted by atomic mass is 9.81. The van der Waals surface area contributed by atoms with Crippen molar-refractivity contribution in [1.82, 2.24) is 5.32 Å². The molecular weight excluding hydrogens is 182 g/mol. The van der Waals surface area contributed by atoms with E-state index in [0.29, 0.717) is 0 Å². The second-order valence-electron chi connectivity index (χ2n) is 6.12. The highest BCUT2D eigenvalue weighted by molar-refractivity contribution is 4.87. The monoisotopic (exact) mass is 209 g/mol. The molecule has 1 N–H and O–H groups in total. The lowest BCUT2D eigenvalue weighted by Gasteiger charge is -2.31. The highest BCUT2D eigenvalue weighted by Crippen LogP contribution is 2.33. The van der Waals surface area contributed by atoms with Gasteiger partial charge in [0, 0.05) is 12.1 Å². The van der Waals surface area contributed by atoms with Crippen LogP contribution in [0.5, 0.6) is 0 Å². The molecule has 0 saturated heterocycles. The highest BCUT2D eigenvalue weighted by Gasteiger charge is 2.31. The molecule has 0 amide bonds. The number of hydrogen-bond acceptors (Lipinski definition) is 1. The first-order valence-electron chi connectivity index (χ1n) is 6.93. The summed E-state index contributed by atoms with van der Waals surface area (Å²) >= 11 is 0. The van der Waals surface area contributed by atoms with E-state index in [1.54, 1.807) is 0 Å². The molecule has 4 atom stereocenters. The van der Waals surface area contributed by atoms with Crippen LogP contribution < -0.4 is 5.32 Å². The summed E-state index contributed by atoms with van der Waals surface area (Å²) in [6.45, 7) is 7.21. The molecule has 0 aromatic carbocycles. The molecule has 0 aromatic rings. The Hall–Kier alpha value is -0.0400. The van der Waals surface area contributed by atoms with Crippen molar-refractivity contribution in [3.05, 3.63) is 0 Å². The molecule has 88 valence electrons. The van der Waals surface area contributed by atoms with Crippen LogP contribution >= 0.6 is 0 Å². The normalized spacial score (nSPS) is 39.0. The second-order valence-corrected chi connectivity index (χ2v) is 6.12. The van der Waals surface area contributed by atoms with Crippen LogP contribution in [-0.2, 0) is 0 Å². The summed E-state index contributed by atoms with van der Waals surface area (Å²) in [7, 11) is 0. The van der Waals surface area contributed by atoms with Crippen LogP contribution in [0.25, 0.3) is 0 Å². The topological polar surface area (TPSA) is 12.0 Å². The van der Waals surface area contributed by atoms with Gasteiger partial charge in [-0.3, -0.25) is 0 Å². The fourth-order valence-corrected chi connectivity index (χ4v) is 3.26. The highest BCUT2D eigenvalue weighted by atomic mass is 15.0. The Balaban J connectivity index is 1.71. The average molecular weight is 209 g/mol.